The van der Waals surface area contributed by atoms with Crippen LogP contribution in [0.4, 0.5) is 11.4 Å². The number of nitrogens with zero attached hydrogens (tertiary/aromatic N) is 4. The standard InChI is InChI=1S/C25H31N7/c1-2-31-14-5-15-32(23-18-28-30-24(23)21-7-4-11-27-17-21)25(31)29-22-8-3-6-20(16-22)19-9-12-26-13-10-19/h3-8,11,14,16-19,25-26,29H,2,9-10,12-13,15H2,1H3,(H,28,30). The molecule has 7 heteroatoms. The maximum Gasteiger partial charge on any atom is 0.178 e. The molecule has 2 aliphatic heterocycles. The highest BCUT2D eigenvalue weighted by Gasteiger charge is 2.28. The molecule has 166 valence electrons. The molecule has 0 saturated carbocycles. The molecule has 1 aromatic carbocycles. The van der Waals surface area contributed by atoms with Crippen molar-refractivity contribution in [2.45, 2.75) is 32.0 Å². The number of rotatable bonds is 6. The quantitative estimate of drug-likeness (QED) is 0.550. The van der Waals surface area contributed by atoms with Gasteiger partial charge in [0.25, 0.3) is 0 Å². The summed E-state index contributed by atoms with van der Waals surface area (Å²) >= 11 is 0. The van der Waals surface area contributed by atoms with Crippen molar-refractivity contribution in [3.63, 3.8) is 0 Å². The molecule has 5 rings (SSSR count). The monoisotopic (exact) mass is 429 g/mol. The molecular weight excluding hydrogens is 398 g/mol. The summed E-state index contributed by atoms with van der Waals surface area (Å²) in [5.41, 5.74) is 5.66. The first-order valence-corrected chi connectivity index (χ1v) is 11.5. The van der Waals surface area contributed by atoms with Crippen LogP contribution in [0.1, 0.15) is 31.2 Å². The van der Waals surface area contributed by atoms with Crippen molar-refractivity contribution in [2.75, 3.05) is 36.4 Å². The minimum atomic E-state index is -0.0127. The molecule has 1 unspecified atom stereocenters. The van der Waals surface area contributed by atoms with Crippen LogP contribution in [0.15, 0.2) is 67.3 Å². The minimum Gasteiger partial charge on any atom is -0.348 e. The lowest BCUT2D eigenvalue weighted by atomic mass is 9.90. The van der Waals surface area contributed by atoms with Crippen molar-refractivity contribution >= 4 is 11.4 Å². The summed E-state index contributed by atoms with van der Waals surface area (Å²) in [5.74, 6) is 0.633. The number of nitrogens with one attached hydrogen (secondary N) is 3. The van der Waals surface area contributed by atoms with Gasteiger partial charge in [-0.15, -0.1) is 0 Å². The number of hydrogen-bond acceptors (Lipinski definition) is 6. The zero-order valence-electron chi connectivity index (χ0n) is 18.5. The predicted molar refractivity (Wildman–Crippen MR) is 129 cm³/mol. The molecule has 0 aliphatic carbocycles. The highest BCUT2D eigenvalue weighted by Crippen LogP contribution is 2.33. The zero-order chi connectivity index (χ0) is 21.8. The van der Waals surface area contributed by atoms with Crippen LogP contribution in [0.25, 0.3) is 11.3 Å². The molecule has 3 aromatic rings. The van der Waals surface area contributed by atoms with Gasteiger partial charge in [0.05, 0.1) is 17.6 Å². The van der Waals surface area contributed by atoms with Crippen molar-refractivity contribution in [2.24, 2.45) is 0 Å². The van der Waals surface area contributed by atoms with Crippen LogP contribution < -0.4 is 15.5 Å². The molecule has 0 amide bonds. The van der Waals surface area contributed by atoms with Gasteiger partial charge in [-0.1, -0.05) is 12.1 Å². The van der Waals surface area contributed by atoms with E-state index in [4.69, 9.17) is 0 Å². The van der Waals surface area contributed by atoms with Crippen LogP contribution in [-0.4, -0.2) is 52.5 Å². The number of pyridine rings is 1. The lowest BCUT2D eigenvalue weighted by molar-refractivity contribution is 0.296. The van der Waals surface area contributed by atoms with Crippen molar-refractivity contribution in [1.82, 2.24) is 25.4 Å². The first-order valence-electron chi connectivity index (χ1n) is 11.5. The highest BCUT2D eigenvalue weighted by molar-refractivity contribution is 5.75. The number of hydrogen-bond donors (Lipinski definition) is 3. The molecule has 3 N–H and O–H groups in total. The van der Waals surface area contributed by atoms with Crippen molar-refractivity contribution in [3.05, 3.63) is 72.8 Å². The maximum absolute atomic E-state index is 4.37. The van der Waals surface area contributed by atoms with Crippen LogP contribution >= 0.6 is 0 Å². The lowest BCUT2D eigenvalue weighted by Gasteiger charge is -2.43. The smallest absolute Gasteiger partial charge is 0.178 e. The molecule has 1 atom stereocenters. The average Bonchev–Trinajstić information content (AvgIpc) is 3.35. The Hall–Kier alpha value is -3.32. The molecule has 32 heavy (non-hydrogen) atoms. The molecule has 2 aromatic heterocycles. The summed E-state index contributed by atoms with van der Waals surface area (Å²) in [6.07, 6.45) is 12.4. The number of aromatic nitrogens is 3. The van der Waals surface area contributed by atoms with E-state index in [9.17, 15) is 0 Å². The molecule has 2 aliphatic rings. The number of H-pyrrole nitrogens is 1. The fourth-order valence-corrected chi connectivity index (χ4v) is 4.73. The van der Waals surface area contributed by atoms with Crippen LogP contribution in [0.3, 0.4) is 0 Å². The van der Waals surface area contributed by atoms with E-state index in [1.165, 1.54) is 18.4 Å². The third-order valence-corrected chi connectivity index (χ3v) is 6.45. The second-order valence-corrected chi connectivity index (χ2v) is 8.41. The van der Waals surface area contributed by atoms with Crippen molar-refractivity contribution in [1.29, 1.82) is 0 Å². The first kappa shape index (κ1) is 20.6. The Morgan fingerprint density at radius 2 is 2.03 bits per heavy atom. The Morgan fingerprint density at radius 3 is 2.84 bits per heavy atom. The van der Waals surface area contributed by atoms with E-state index in [2.05, 4.69) is 85.1 Å². The Morgan fingerprint density at radius 1 is 1.12 bits per heavy atom. The van der Waals surface area contributed by atoms with E-state index in [-0.39, 0.29) is 6.29 Å². The van der Waals surface area contributed by atoms with E-state index in [1.807, 2.05) is 18.5 Å². The molecular formula is C25H31N7. The fraction of sp³-hybridized carbons (Fsp3) is 0.360. The average molecular weight is 430 g/mol. The number of piperidine rings is 1. The van der Waals surface area contributed by atoms with Crippen LogP contribution in [0, 0.1) is 0 Å². The van der Waals surface area contributed by atoms with Gasteiger partial charge in [0, 0.05) is 42.9 Å². The predicted octanol–water partition coefficient (Wildman–Crippen LogP) is 3.99. The highest BCUT2D eigenvalue weighted by atomic mass is 15.5. The Labute approximate surface area is 189 Å². The van der Waals surface area contributed by atoms with Crippen LogP contribution in [-0.2, 0) is 0 Å². The Kier molecular flexibility index (Phi) is 6.07. The third kappa shape index (κ3) is 4.21. The fourth-order valence-electron chi connectivity index (χ4n) is 4.73. The molecule has 0 radical (unpaired) electrons. The third-order valence-electron chi connectivity index (χ3n) is 6.45. The zero-order valence-corrected chi connectivity index (χ0v) is 18.5. The van der Waals surface area contributed by atoms with E-state index in [0.717, 1.165) is 48.8 Å². The van der Waals surface area contributed by atoms with Gasteiger partial charge in [-0.2, -0.15) is 5.10 Å². The first-order chi connectivity index (χ1) is 15.8. The van der Waals surface area contributed by atoms with Crippen molar-refractivity contribution in [3.8, 4) is 11.3 Å². The SMILES string of the molecule is CCN1C=CCN(c2cn[nH]c2-c2cccnc2)C1Nc1cccc(C2CCNCC2)c1. The Bertz CT molecular complexity index is 1040. The molecule has 1 fully saturated rings. The largest absolute Gasteiger partial charge is 0.348 e. The van der Waals surface area contributed by atoms with E-state index in [0.29, 0.717) is 5.92 Å². The van der Waals surface area contributed by atoms with Gasteiger partial charge in [0.2, 0.25) is 0 Å². The van der Waals surface area contributed by atoms with Gasteiger partial charge >= 0.3 is 0 Å². The van der Waals surface area contributed by atoms with Crippen LogP contribution in [0.2, 0.25) is 0 Å². The van der Waals surface area contributed by atoms with Gasteiger partial charge in [-0.25, -0.2) is 0 Å². The van der Waals surface area contributed by atoms with Crippen molar-refractivity contribution < 1.29 is 0 Å². The summed E-state index contributed by atoms with van der Waals surface area (Å²) in [6, 6.07) is 13.0. The number of anilines is 2. The summed E-state index contributed by atoms with van der Waals surface area (Å²) in [5, 5.41) is 14.8. The molecule has 0 spiro atoms. The molecule has 7 nitrogen and oxygen atoms in total. The van der Waals surface area contributed by atoms with E-state index < -0.39 is 0 Å². The minimum absolute atomic E-state index is 0.0127. The van der Waals surface area contributed by atoms with Gasteiger partial charge in [0.15, 0.2) is 6.29 Å². The van der Waals surface area contributed by atoms with Gasteiger partial charge in [-0.05, 0) is 74.7 Å². The van der Waals surface area contributed by atoms with Crippen LogP contribution in [0.5, 0.6) is 0 Å². The second kappa shape index (κ2) is 9.44. The maximum atomic E-state index is 4.37. The second-order valence-electron chi connectivity index (χ2n) is 8.41. The number of aromatic amines is 1. The summed E-state index contributed by atoms with van der Waals surface area (Å²) in [7, 11) is 0. The lowest BCUT2D eigenvalue weighted by Crippen LogP contribution is -2.53. The Balaban J connectivity index is 1.44. The van der Waals surface area contributed by atoms with E-state index >= 15 is 0 Å². The van der Waals surface area contributed by atoms with E-state index in [1.54, 1.807) is 6.20 Å². The van der Waals surface area contributed by atoms with Gasteiger partial charge < -0.3 is 20.4 Å². The summed E-state index contributed by atoms with van der Waals surface area (Å²) < 4.78 is 0. The summed E-state index contributed by atoms with van der Waals surface area (Å²) in [6.45, 7) is 6.09. The summed E-state index contributed by atoms with van der Waals surface area (Å²) in [4.78, 5) is 8.96. The molecule has 1 saturated heterocycles. The molecule has 0 bridgehead atoms. The normalized spacial score (nSPS) is 19.3. The van der Waals surface area contributed by atoms with Gasteiger partial charge in [-0.3, -0.25) is 10.1 Å². The molecule has 4 heterocycles. The van der Waals surface area contributed by atoms with Gasteiger partial charge in [0.1, 0.15) is 0 Å². The number of benzene rings is 1. The topological polar surface area (TPSA) is 72.1 Å².